The van der Waals surface area contributed by atoms with Gasteiger partial charge in [0.15, 0.2) is 5.11 Å². The second-order valence-corrected chi connectivity index (χ2v) is 9.16. The molecule has 1 heterocycles. The van der Waals surface area contributed by atoms with Gasteiger partial charge in [-0.3, -0.25) is 0 Å². The Morgan fingerprint density at radius 2 is 1.88 bits per heavy atom. The van der Waals surface area contributed by atoms with E-state index in [1.165, 1.54) is 12.1 Å². The smallest absolute Gasteiger partial charge is 0.173 e. The van der Waals surface area contributed by atoms with E-state index in [1.807, 2.05) is 37.3 Å². The molecule has 0 aliphatic carbocycles. The molecule has 0 atom stereocenters. The molecule has 0 unspecified atom stereocenters. The summed E-state index contributed by atoms with van der Waals surface area (Å²) in [7, 11) is 2.05. The molecule has 0 radical (unpaired) electrons. The number of aliphatic hydroxyl groups excluding tert-OH is 1. The highest BCUT2D eigenvalue weighted by Gasteiger charge is 2.24. The molecule has 1 fully saturated rings. The highest BCUT2D eigenvalue weighted by atomic mass is 35.5. The number of anilines is 1. The fraction of sp³-hybridized carbons (Fsp3) is 0.500. The molecule has 0 saturated carbocycles. The average Bonchev–Trinajstić information content (AvgIpc) is 2.83. The largest absolute Gasteiger partial charge is 0.392 e. The third-order valence-corrected chi connectivity index (χ3v) is 6.70. The molecule has 2 aromatic rings. The minimum Gasteiger partial charge on any atom is -0.392 e. The van der Waals surface area contributed by atoms with E-state index in [2.05, 4.69) is 22.2 Å². The van der Waals surface area contributed by atoms with Crippen LogP contribution >= 0.6 is 24.6 Å². The van der Waals surface area contributed by atoms with Gasteiger partial charge in [-0.2, -0.15) is 0 Å². The van der Waals surface area contributed by atoms with Gasteiger partial charge >= 0.3 is 0 Å². The van der Waals surface area contributed by atoms with Gasteiger partial charge in [0.25, 0.3) is 0 Å². The number of nitrogens with zero attached hydrogens (tertiary/aromatic N) is 2. The Morgan fingerprint density at radius 1 is 1.18 bits per heavy atom. The number of hydrogen-bond donors (Lipinski definition) is 2. The Bertz CT molecular complexity index is 892. The van der Waals surface area contributed by atoms with Crippen molar-refractivity contribution in [2.24, 2.45) is 0 Å². The van der Waals surface area contributed by atoms with Crippen molar-refractivity contribution in [3.63, 3.8) is 0 Å². The Morgan fingerprint density at radius 3 is 2.56 bits per heavy atom. The molecule has 8 heteroatoms. The second-order valence-electron chi connectivity index (χ2n) is 8.77. The van der Waals surface area contributed by atoms with Crippen LogP contribution in [0.25, 0.3) is 0 Å². The van der Waals surface area contributed by atoms with Crippen LogP contribution < -0.4 is 5.32 Å². The lowest BCUT2D eigenvalue weighted by molar-refractivity contribution is 0.111. The molecule has 2 aromatic carbocycles. The van der Waals surface area contributed by atoms with Crippen molar-refractivity contribution in [1.29, 1.82) is 0 Å². The molecule has 1 saturated heterocycles. The third kappa shape index (κ3) is 8.78. The van der Waals surface area contributed by atoms with Gasteiger partial charge < -0.3 is 25.0 Å². The Balaban J connectivity index is 0.00000408. The van der Waals surface area contributed by atoms with E-state index in [1.54, 1.807) is 0 Å². The number of likely N-dealkylation sites (tertiary alicyclic amines) is 1. The van der Waals surface area contributed by atoms with Gasteiger partial charge in [-0.15, -0.1) is 12.4 Å². The number of hydrogen-bond acceptors (Lipinski definition) is 4. The number of halogens is 2. The predicted molar refractivity (Wildman–Crippen MR) is 143 cm³/mol. The van der Waals surface area contributed by atoms with E-state index in [9.17, 15) is 9.50 Å². The van der Waals surface area contributed by atoms with Crippen LogP contribution in [0.15, 0.2) is 42.5 Å². The third-order valence-electron chi connectivity index (χ3n) is 6.31. The SMILES string of the molecule is Cc1ccc(NC(=S)N(C)C2CCN(CCCOCCc3ccc(F)cc3)CC2)c(CO)c1.Cl. The minimum atomic E-state index is -0.199. The number of ether oxygens (including phenoxy) is 1. The summed E-state index contributed by atoms with van der Waals surface area (Å²) in [5.41, 5.74) is 3.96. The molecule has 0 spiro atoms. The van der Waals surface area contributed by atoms with Crippen LogP contribution in [0.1, 0.15) is 36.0 Å². The first-order chi connectivity index (χ1) is 16.0. The maximum atomic E-state index is 12.9. The number of piperidine rings is 1. The zero-order valence-electron chi connectivity index (χ0n) is 20.1. The van der Waals surface area contributed by atoms with E-state index in [0.717, 1.165) is 74.3 Å². The van der Waals surface area contributed by atoms with E-state index in [-0.39, 0.29) is 24.8 Å². The molecule has 34 heavy (non-hydrogen) atoms. The Hall–Kier alpha value is -1.77. The van der Waals surface area contributed by atoms with Crippen molar-refractivity contribution in [2.75, 3.05) is 45.2 Å². The van der Waals surface area contributed by atoms with E-state index >= 15 is 0 Å². The first-order valence-corrected chi connectivity index (χ1v) is 12.2. The second kappa shape index (κ2) is 14.6. The molecule has 0 amide bonds. The number of benzene rings is 2. The first kappa shape index (κ1) is 28.5. The van der Waals surface area contributed by atoms with Crippen LogP contribution in [0.3, 0.4) is 0 Å². The van der Waals surface area contributed by atoms with Crippen LogP contribution in [-0.4, -0.2) is 66.0 Å². The maximum Gasteiger partial charge on any atom is 0.173 e. The van der Waals surface area contributed by atoms with E-state index in [0.29, 0.717) is 17.8 Å². The molecule has 2 N–H and O–H groups in total. The van der Waals surface area contributed by atoms with E-state index in [4.69, 9.17) is 17.0 Å². The molecule has 0 bridgehead atoms. The van der Waals surface area contributed by atoms with Gasteiger partial charge in [-0.05, 0) is 68.6 Å². The monoisotopic (exact) mass is 509 g/mol. The summed E-state index contributed by atoms with van der Waals surface area (Å²) in [6.45, 7) is 6.57. The summed E-state index contributed by atoms with van der Waals surface area (Å²) >= 11 is 5.65. The molecule has 3 rings (SSSR count). The zero-order chi connectivity index (χ0) is 23.6. The van der Waals surface area contributed by atoms with Gasteiger partial charge in [-0.1, -0.05) is 29.8 Å². The quantitative estimate of drug-likeness (QED) is 0.355. The van der Waals surface area contributed by atoms with Crippen molar-refractivity contribution in [2.45, 2.75) is 45.3 Å². The first-order valence-electron chi connectivity index (χ1n) is 11.7. The van der Waals surface area contributed by atoms with Crippen molar-refractivity contribution in [1.82, 2.24) is 9.80 Å². The Labute approximate surface area is 214 Å². The highest BCUT2D eigenvalue weighted by Crippen LogP contribution is 2.20. The standard InChI is InChI=1S/C26H36FN3O2S.ClH/c1-20-4-9-25(22(18-20)19-31)28-26(33)29(2)24-10-14-30(15-11-24)13-3-16-32-17-12-21-5-7-23(27)8-6-21;/h4-9,18,24,31H,3,10-17,19H2,1-2H3,(H,28,33);1H. The molecule has 0 aromatic heterocycles. The lowest BCUT2D eigenvalue weighted by Crippen LogP contribution is -2.47. The summed E-state index contributed by atoms with van der Waals surface area (Å²) in [5, 5.41) is 13.6. The molecule has 5 nitrogen and oxygen atoms in total. The number of nitrogens with one attached hydrogen (secondary N) is 1. The molecule has 188 valence electrons. The van der Waals surface area contributed by atoms with Crippen LogP contribution in [0, 0.1) is 12.7 Å². The van der Waals surface area contributed by atoms with Gasteiger partial charge in [-0.25, -0.2) is 4.39 Å². The van der Waals surface area contributed by atoms with Crippen molar-refractivity contribution in [3.05, 3.63) is 65.0 Å². The van der Waals surface area contributed by atoms with Crippen LogP contribution in [0.5, 0.6) is 0 Å². The Kier molecular flexibility index (Phi) is 12.2. The number of aryl methyl sites for hydroxylation is 1. The topological polar surface area (TPSA) is 48.0 Å². The highest BCUT2D eigenvalue weighted by molar-refractivity contribution is 7.80. The van der Waals surface area contributed by atoms with Gasteiger partial charge in [0.1, 0.15) is 5.82 Å². The van der Waals surface area contributed by atoms with Gasteiger partial charge in [0.05, 0.1) is 13.2 Å². The summed E-state index contributed by atoms with van der Waals surface area (Å²) in [5.74, 6) is -0.199. The van der Waals surface area contributed by atoms with Crippen molar-refractivity contribution >= 4 is 35.4 Å². The molecule has 1 aliphatic rings. The minimum absolute atomic E-state index is 0. The summed E-state index contributed by atoms with van der Waals surface area (Å²) < 4.78 is 18.7. The number of thiocarbonyl (C=S) groups is 1. The normalized spacial score (nSPS) is 14.5. The number of rotatable bonds is 10. The maximum absolute atomic E-state index is 12.9. The molecular weight excluding hydrogens is 473 g/mol. The summed E-state index contributed by atoms with van der Waals surface area (Å²) in [4.78, 5) is 4.65. The van der Waals surface area contributed by atoms with Crippen LogP contribution in [0.2, 0.25) is 0 Å². The lowest BCUT2D eigenvalue weighted by atomic mass is 10.0. The fourth-order valence-electron chi connectivity index (χ4n) is 4.21. The van der Waals surface area contributed by atoms with Crippen molar-refractivity contribution in [3.8, 4) is 0 Å². The zero-order valence-corrected chi connectivity index (χ0v) is 21.8. The molecule has 1 aliphatic heterocycles. The van der Waals surface area contributed by atoms with Crippen LogP contribution in [0.4, 0.5) is 10.1 Å². The van der Waals surface area contributed by atoms with Crippen molar-refractivity contribution < 1.29 is 14.2 Å². The average molecular weight is 510 g/mol. The van der Waals surface area contributed by atoms with Gasteiger partial charge in [0, 0.05) is 50.6 Å². The predicted octanol–water partition coefficient (Wildman–Crippen LogP) is 4.79. The van der Waals surface area contributed by atoms with Gasteiger partial charge in [0.2, 0.25) is 0 Å². The fourth-order valence-corrected chi connectivity index (χ4v) is 4.47. The van der Waals surface area contributed by atoms with E-state index < -0.39 is 0 Å². The molecular formula is C26H37ClFN3O2S. The summed E-state index contributed by atoms with van der Waals surface area (Å²) in [6, 6.07) is 13.0. The summed E-state index contributed by atoms with van der Waals surface area (Å²) in [6.07, 6.45) is 3.98. The van der Waals surface area contributed by atoms with Crippen LogP contribution in [-0.2, 0) is 17.8 Å². The number of aliphatic hydroxyl groups is 1. The lowest BCUT2D eigenvalue weighted by Gasteiger charge is -2.38.